The Morgan fingerprint density at radius 2 is 1.39 bits per heavy atom. The Bertz CT molecular complexity index is 536. The van der Waals surface area contributed by atoms with Crippen molar-refractivity contribution >= 4 is 104 Å². The Kier molecular flexibility index (Phi) is 8.15. The van der Waals surface area contributed by atoms with Crippen LogP contribution in [0.15, 0.2) is 24.3 Å². The summed E-state index contributed by atoms with van der Waals surface area (Å²) in [5, 5.41) is 8.91. The van der Waals surface area contributed by atoms with Crippen molar-refractivity contribution in [3.8, 4) is 0 Å². The van der Waals surface area contributed by atoms with Gasteiger partial charge in [-0.15, -0.1) is 0 Å². The van der Waals surface area contributed by atoms with Crippen molar-refractivity contribution in [3.05, 3.63) is 35.4 Å². The van der Waals surface area contributed by atoms with E-state index < -0.39 is 16.8 Å². The van der Waals surface area contributed by atoms with Crippen LogP contribution in [-0.2, 0) is 10.8 Å². The van der Waals surface area contributed by atoms with Crippen LogP contribution in [0.1, 0.15) is 17.5 Å². The van der Waals surface area contributed by atoms with E-state index in [1.54, 1.807) is 18.2 Å². The largest absolute Gasteiger partial charge is 0.396 e. The Hall–Kier alpha value is 1.79. The van der Waals surface area contributed by atoms with Crippen molar-refractivity contribution in [2.75, 3.05) is 6.61 Å². The summed E-state index contributed by atoms with van der Waals surface area (Å²) in [4.78, 5) is 0. The summed E-state index contributed by atoms with van der Waals surface area (Å²) >= 11 is 54.6. The lowest BCUT2D eigenvalue weighted by Crippen LogP contribution is -2.54. The van der Waals surface area contributed by atoms with Gasteiger partial charge in [-0.25, -0.2) is 0 Å². The molecule has 0 saturated carbocycles. The number of benzene rings is 1. The molecule has 0 aromatic heterocycles. The van der Waals surface area contributed by atoms with Crippen molar-refractivity contribution in [2.45, 2.75) is 29.6 Å². The lowest BCUT2D eigenvalue weighted by atomic mass is 10.0. The van der Waals surface area contributed by atoms with Crippen LogP contribution >= 0.6 is 104 Å². The third kappa shape index (κ3) is 4.75. The molecule has 1 aromatic carbocycles. The summed E-state index contributed by atoms with van der Waals surface area (Å²) in [6, 6.07) is 6.78. The number of aliphatic hydroxyl groups excluding tert-OH is 1. The lowest BCUT2D eigenvalue weighted by molar-refractivity contribution is 0.288. The lowest BCUT2D eigenvalue weighted by Gasteiger charge is -2.44. The van der Waals surface area contributed by atoms with Crippen molar-refractivity contribution in [1.82, 2.24) is 0 Å². The average molecular weight is 502 g/mol. The molecule has 0 radical (unpaired) electrons. The van der Waals surface area contributed by atoms with Gasteiger partial charge >= 0.3 is 0 Å². The number of rotatable bonds is 6. The molecule has 0 amide bonds. The van der Waals surface area contributed by atoms with E-state index in [1.165, 1.54) is 0 Å². The highest BCUT2D eigenvalue weighted by atomic mass is 35.6. The number of hydrogen-bond acceptors (Lipinski definition) is 1. The van der Waals surface area contributed by atoms with Gasteiger partial charge in [0.25, 0.3) is 0 Å². The molecule has 0 bridgehead atoms. The Morgan fingerprint density at radius 1 is 0.826 bits per heavy atom. The maximum Gasteiger partial charge on any atom is 0.226 e. The van der Waals surface area contributed by atoms with E-state index in [0.29, 0.717) is 18.4 Å². The van der Waals surface area contributed by atoms with Crippen LogP contribution in [0.3, 0.4) is 0 Å². The first-order valence-electron chi connectivity index (χ1n) is 6.19. The van der Waals surface area contributed by atoms with Crippen LogP contribution in [0.4, 0.5) is 0 Å². The zero-order valence-electron chi connectivity index (χ0n) is 11.3. The third-order valence-electron chi connectivity index (χ3n) is 3.06. The fourth-order valence-corrected chi connectivity index (χ4v) is 3.97. The molecule has 1 rings (SSSR count). The van der Waals surface area contributed by atoms with Crippen molar-refractivity contribution in [1.29, 1.82) is 0 Å². The SMILES string of the molecule is OCCCc1cccc(C(Cl)(Cl)C(Cl)(Cl)C(Cl)(Cl)C(Cl)(Cl)Cl)c1. The second-order valence-electron chi connectivity index (χ2n) is 4.75. The van der Waals surface area contributed by atoms with E-state index >= 15 is 0 Å². The van der Waals surface area contributed by atoms with Crippen molar-refractivity contribution in [3.63, 3.8) is 0 Å². The number of aryl methyl sites for hydroxylation is 1. The molecule has 1 aromatic rings. The molecule has 23 heavy (non-hydrogen) atoms. The van der Waals surface area contributed by atoms with E-state index in [2.05, 4.69) is 0 Å². The molecule has 10 heteroatoms. The molecule has 1 nitrogen and oxygen atoms in total. The first-order valence-corrected chi connectivity index (χ1v) is 9.59. The van der Waals surface area contributed by atoms with Gasteiger partial charge in [-0.05, 0) is 24.0 Å². The molecule has 0 unspecified atom stereocenters. The van der Waals surface area contributed by atoms with Gasteiger partial charge in [0.1, 0.15) is 0 Å². The van der Waals surface area contributed by atoms with E-state index in [0.717, 1.165) is 5.56 Å². The smallest absolute Gasteiger partial charge is 0.226 e. The Balaban J connectivity index is 3.29. The summed E-state index contributed by atoms with van der Waals surface area (Å²) in [6.07, 6.45) is 1.17. The molecular weight excluding hydrogens is 491 g/mol. The van der Waals surface area contributed by atoms with Gasteiger partial charge in [0.05, 0.1) is 0 Å². The quantitative estimate of drug-likeness (QED) is 0.417. The van der Waals surface area contributed by atoms with Gasteiger partial charge in [0.15, 0.2) is 8.67 Å². The van der Waals surface area contributed by atoms with Crippen LogP contribution in [0.5, 0.6) is 0 Å². The third-order valence-corrected chi connectivity index (χ3v) is 8.53. The summed E-state index contributed by atoms with van der Waals surface area (Å²) in [7, 11) is 0. The second kappa shape index (κ2) is 8.21. The molecule has 0 aliphatic rings. The highest BCUT2D eigenvalue weighted by molar-refractivity contribution is 6.80. The van der Waals surface area contributed by atoms with Gasteiger partial charge in [-0.3, -0.25) is 0 Å². The number of aliphatic hydroxyl groups is 1. The van der Waals surface area contributed by atoms with Crippen LogP contribution in [0, 0.1) is 0 Å². The zero-order chi connectivity index (χ0) is 18.1. The number of halogens is 9. The maximum atomic E-state index is 8.91. The fraction of sp³-hybridized carbons (Fsp3) is 0.538. The molecule has 132 valence electrons. The maximum absolute atomic E-state index is 8.91. The van der Waals surface area contributed by atoms with Crippen molar-refractivity contribution in [2.24, 2.45) is 0 Å². The highest BCUT2D eigenvalue weighted by Gasteiger charge is 2.68. The normalized spacial score (nSPS) is 14.2. The zero-order valence-corrected chi connectivity index (χ0v) is 18.1. The first-order chi connectivity index (χ1) is 10.3. The summed E-state index contributed by atoms with van der Waals surface area (Å²) in [6.45, 7) is 0.0474. The summed E-state index contributed by atoms with van der Waals surface area (Å²) in [5.41, 5.74) is 1.18. The minimum absolute atomic E-state index is 0.0474. The van der Waals surface area contributed by atoms with Gasteiger partial charge in [0, 0.05) is 6.61 Å². The van der Waals surface area contributed by atoms with E-state index in [4.69, 9.17) is 110 Å². The minimum Gasteiger partial charge on any atom is -0.396 e. The number of alkyl halides is 9. The second-order valence-corrected chi connectivity index (χ2v) is 11.0. The Morgan fingerprint density at radius 3 is 1.87 bits per heavy atom. The fourth-order valence-electron chi connectivity index (χ4n) is 1.76. The molecule has 0 heterocycles. The monoisotopic (exact) mass is 498 g/mol. The summed E-state index contributed by atoms with van der Waals surface area (Å²) < 4.78 is -8.84. The minimum atomic E-state index is -2.32. The predicted octanol–water partition coefficient (Wildman–Crippen LogP) is 6.96. The first kappa shape index (κ1) is 22.8. The van der Waals surface area contributed by atoms with Crippen LogP contribution in [-0.4, -0.2) is 24.2 Å². The van der Waals surface area contributed by atoms with Gasteiger partial charge in [-0.1, -0.05) is 129 Å². The molecule has 0 saturated heterocycles. The molecule has 0 aliphatic heterocycles. The van der Waals surface area contributed by atoms with Crippen LogP contribution in [0.2, 0.25) is 0 Å². The van der Waals surface area contributed by atoms with Gasteiger partial charge < -0.3 is 5.11 Å². The molecule has 0 fully saturated rings. The number of hydrogen-bond donors (Lipinski definition) is 1. The van der Waals surface area contributed by atoms with Gasteiger partial charge in [0.2, 0.25) is 8.13 Å². The molecule has 0 aliphatic carbocycles. The molecule has 1 N–H and O–H groups in total. The predicted molar refractivity (Wildman–Crippen MR) is 104 cm³/mol. The topological polar surface area (TPSA) is 20.2 Å². The molecular formula is C13H11Cl9O. The average Bonchev–Trinajstić information content (AvgIpc) is 2.43. The van der Waals surface area contributed by atoms with Gasteiger partial charge in [-0.2, -0.15) is 0 Å². The van der Waals surface area contributed by atoms with Crippen LogP contribution < -0.4 is 0 Å². The van der Waals surface area contributed by atoms with E-state index in [-0.39, 0.29) is 6.61 Å². The molecule has 0 spiro atoms. The van der Waals surface area contributed by atoms with Crippen LogP contribution in [0.25, 0.3) is 0 Å². The summed E-state index contributed by atoms with van der Waals surface area (Å²) in [5.74, 6) is 0. The highest BCUT2D eigenvalue weighted by Crippen LogP contribution is 2.65. The standard InChI is InChI=1S/C13H11Cl9O/c14-10(15,11(16,17)12(18,19)13(20,21)22)9-5-1-3-8(7-9)4-2-6-23/h1,3,5,7,23H,2,4,6H2. The Labute approximate surface area is 180 Å². The van der Waals surface area contributed by atoms with E-state index in [1.807, 2.05) is 6.07 Å². The molecule has 0 atom stereocenters. The van der Waals surface area contributed by atoms with Crippen molar-refractivity contribution < 1.29 is 5.11 Å². The van der Waals surface area contributed by atoms with E-state index in [9.17, 15) is 0 Å².